The maximum atomic E-state index is 6.26. The van der Waals surface area contributed by atoms with Gasteiger partial charge in [-0.25, -0.2) is 0 Å². The molecule has 0 aliphatic heterocycles. The number of hydrogen-bond acceptors (Lipinski definition) is 3. The summed E-state index contributed by atoms with van der Waals surface area (Å²) in [6, 6.07) is 8.37. The number of furan rings is 1. The molecule has 1 unspecified atom stereocenters. The van der Waals surface area contributed by atoms with Gasteiger partial charge in [0.05, 0.1) is 6.04 Å². The fraction of sp³-hybridized carbons (Fsp3) is 0.500. The van der Waals surface area contributed by atoms with Crippen LogP contribution in [0.15, 0.2) is 28.7 Å². The zero-order valence-electron chi connectivity index (χ0n) is 11.4. The van der Waals surface area contributed by atoms with Crippen LogP contribution in [0.25, 0.3) is 11.0 Å². The first-order chi connectivity index (χ1) is 9.22. The molecule has 1 fully saturated rings. The summed E-state index contributed by atoms with van der Waals surface area (Å²) in [7, 11) is 0. The van der Waals surface area contributed by atoms with Crippen LogP contribution < -0.4 is 5.73 Å². The van der Waals surface area contributed by atoms with Crippen molar-refractivity contribution in [3.63, 3.8) is 0 Å². The lowest BCUT2D eigenvalue weighted by Gasteiger charge is -2.12. The monoisotopic (exact) mass is 275 g/mol. The van der Waals surface area contributed by atoms with Crippen LogP contribution >= 0.6 is 11.8 Å². The van der Waals surface area contributed by atoms with Crippen molar-refractivity contribution in [3.05, 3.63) is 35.6 Å². The average molecular weight is 275 g/mol. The van der Waals surface area contributed by atoms with Crippen LogP contribution in [0.1, 0.15) is 43.0 Å². The average Bonchev–Trinajstić information content (AvgIpc) is 3.04. The van der Waals surface area contributed by atoms with Crippen LogP contribution in [-0.4, -0.2) is 11.0 Å². The predicted octanol–water partition coefficient (Wildman–Crippen LogP) is 4.42. The van der Waals surface area contributed by atoms with Gasteiger partial charge >= 0.3 is 0 Å². The first-order valence-electron chi connectivity index (χ1n) is 7.09. The molecule has 1 atom stereocenters. The molecule has 2 N–H and O–H groups in total. The Bertz CT molecular complexity index is 557. The van der Waals surface area contributed by atoms with Gasteiger partial charge in [0.1, 0.15) is 11.3 Å². The second-order valence-electron chi connectivity index (χ2n) is 5.54. The van der Waals surface area contributed by atoms with Gasteiger partial charge in [0.15, 0.2) is 0 Å². The van der Waals surface area contributed by atoms with Gasteiger partial charge in [0.25, 0.3) is 0 Å². The smallest absolute Gasteiger partial charge is 0.134 e. The van der Waals surface area contributed by atoms with E-state index in [1.807, 2.05) is 17.8 Å². The molecule has 0 spiro atoms. The van der Waals surface area contributed by atoms with E-state index in [4.69, 9.17) is 10.2 Å². The zero-order valence-corrected chi connectivity index (χ0v) is 12.2. The quantitative estimate of drug-likeness (QED) is 0.898. The van der Waals surface area contributed by atoms with Crippen LogP contribution in [0.3, 0.4) is 0 Å². The molecule has 1 aromatic heterocycles. The number of hydrogen-bond donors (Lipinski definition) is 1. The summed E-state index contributed by atoms with van der Waals surface area (Å²) < 4.78 is 5.86. The maximum absolute atomic E-state index is 6.26. The van der Waals surface area contributed by atoms with Gasteiger partial charge in [-0.15, -0.1) is 0 Å². The molecule has 1 aliphatic carbocycles. The minimum Gasteiger partial charge on any atom is -0.459 e. The molecular formula is C16H21NOS. The molecule has 1 aromatic carbocycles. The summed E-state index contributed by atoms with van der Waals surface area (Å²) in [6.45, 7) is 2.10. The predicted molar refractivity (Wildman–Crippen MR) is 82.6 cm³/mol. The molecule has 1 aliphatic rings. The highest BCUT2D eigenvalue weighted by Crippen LogP contribution is 2.32. The Morgan fingerprint density at radius 3 is 2.89 bits per heavy atom. The van der Waals surface area contributed by atoms with Crippen LogP contribution in [0.4, 0.5) is 0 Å². The maximum Gasteiger partial charge on any atom is 0.134 e. The Kier molecular flexibility index (Phi) is 3.85. The summed E-state index contributed by atoms with van der Waals surface area (Å²) >= 11 is 2.02. The van der Waals surface area contributed by atoms with E-state index in [1.165, 1.54) is 31.2 Å². The van der Waals surface area contributed by atoms with Gasteiger partial charge in [-0.1, -0.05) is 24.5 Å². The molecule has 3 rings (SSSR count). The number of nitrogens with two attached hydrogens (primary N) is 1. The van der Waals surface area contributed by atoms with Gasteiger partial charge in [-0.05, 0) is 38.0 Å². The van der Waals surface area contributed by atoms with E-state index in [0.29, 0.717) is 0 Å². The van der Waals surface area contributed by atoms with E-state index in [-0.39, 0.29) is 6.04 Å². The molecule has 1 saturated carbocycles. The van der Waals surface area contributed by atoms with Crippen molar-refractivity contribution in [2.75, 3.05) is 5.75 Å². The minimum atomic E-state index is 0.0123. The molecular weight excluding hydrogens is 254 g/mol. The van der Waals surface area contributed by atoms with E-state index in [1.54, 1.807) is 0 Å². The third kappa shape index (κ3) is 2.98. The Hall–Kier alpha value is -0.930. The van der Waals surface area contributed by atoms with E-state index in [2.05, 4.69) is 25.1 Å². The highest BCUT2D eigenvalue weighted by molar-refractivity contribution is 7.99. The molecule has 19 heavy (non-hydrogen) atoms. The second-order valence-corrected chi connectivity index (χ2v) is 6.87. The highest BCUT2D eigenvalue weighted by Gasteiger charge is 2.18. The van der Waals surface area contributed by atoms with Crippen LogP contribution in [0.2, 0.25) is 0 Å². The van der Waals surface area contributed by atoms with Crippen molar-refractivity contribution in [1.29, 1.82) is 0 Å². The van der Waals surface area contributed by atoms with E-state index in [0.717, 1.165) is 27.7 Å². The van der Waals surface area contributed by atoms with Crippen molar-refractivity contribution in [2.24, 2.45) is 5.73 Å². The molecule has 0 amide bonds. The lowest BCUT2D eigenvalue weighted by Crippen LogP contribution is -2.13. The third-order valence-corrected chi connectivity index (χ3v) is 5.36. The number of benzene rings is 1. The topological polar surface area (TPSA) is 39.2 Å². The standard InChI is InChI=1S/C16H21NOS/c1-11-6-7-15-12(8-11)9-16(18-15)14(17)10-19-13-4-2-3-5-13/h6-9,13-14H,2-5,10,17H2,1H3. The van der Waals surface area contributed by atoms with Crippen molar-refractivity contribution in [3.8, 4) is 0 Å². The fourth-order valence-corrected chi connectivity index (χ4v) is 4.05. The van der Waals surface area contributed by atoms with E-state index >= 15 is 0 Å². The van der Waals surface area contributed by atoms with E-state index < -0.39 is 0 Å². The highest BCUT2D eigenvalue weighted by atomic mass is 32.2. The number of rotatable bonds is 4. The molecule has 3 heteroatoms. The summed E-state index contributed by atoms with van der Waals surface area (Å²) in [4.78, 5) is 0. The summed E-state index contributed by atoms with van der Waals surface area (Å²) in [5.74, 6) is 1.88. The van der Waals surface area contributed by atoms with Gasteiger partial charge in [0, 0.05) is 16.4 Å². The number of aryl methyl sites for hydroxylation is 1. The molecule has 1 heterocycles. The van der Waals surface area contributed by atoms with Crippen molar-refractivity contribution >= 4 is 22.7 Å². The number of thioether (sulfide) groups is 1. The van der Waals surface area contributed by atoms with Gasteiger partial charge in [0.2, 0.25) is 0 Å². The van der Waals surface area contributed by atoms with Crippen molar-refractivity contribution in [2.45, 2.75) is 43.9 Å². The number of fused-ring (bicyclic) bond motifs is 1. The normalized spacial score (nSPS) is 18.2. The third-order valence-electron chi connectivity index (χ3n) is 3.87. The summed E-state index contributed by atoms with van der Waals surface area (Å²) in [5, 5.41) is 1.98. The Morgan fingerprint density at radius 1 is 1.32 bits per heavy atom. The first-order valence-corrected chi connectivity index (χ1v) is 8.14. The van der Waals surface area contributed by atoms with Gasteiger partial charge in [-0.2, -0.15) is 11.8 Å². The zero-order chi connectivity index (χ0) is 13.2. The van der Waals surface area contributed by atoms with Gasteiger partial charge in [-0.3, -0.25) is 0 Å². The fourth-order valence-electron chi connectivity index (χ4n) is 2.74. The lowest BCUT2D eigenvalue weighted by molar-refractivity contribution is 0.516. The Labute approximate surface area is 118 Å². The summed E-state index contributed by atoms with van der Waals surface area (Å²) in [5.41, 5.74) is 8.46. The second kappa shape index (κ2) is 5.59. The van der Waals surface area contributed by atoms with Crippen molar-refractivity contribution < 1.29 is 4.42 Å². The molecule has 0 radical (unpaired) electrons. The molecule has 0 bridgehead atoms. The molecule has 102 valence electrons. The molecule has 0 saturated heterocycles. The Balaban J connectivity index is 1.68. The van der Waals surface area contributed by atoms with E-state index in [9.17, 15) is 0 Å². The largest absolute Gasteiger partial charge is 0.459 e. The van der Waals surface area contributed by atoms with Crippen LogP contribution in [-0.2, 0) is 0 Å². The molecule has 2 aromatic rings. The van der Waals surface area contributed by atoms with Crippen LogP contribution in [0.5, 0.6) is 0 Å². The Morgan fingerprint density at radius 2 is 2.11 bits per heavy atom. The SMILES string of the molecule is Cc1ccc2oc(C(N)CSC3CCCC3)cc2c1. The lowest BCUT2D eigenvalue weighted by atomic mass is 10.2. The first kappa shape index (κ1) is 13.1. The minimum absolute atomic E-state index is 0.0123. The van der Waals surface area contributed by atoms with Crippen LogP contribution in [0, 0.1) is 6.92 Å². The summed E-state index contributed by atoms with van der Waals surface area (Å²) in [6.07, 6.45) is 5.49. The molecule has 2 nitrogen and oxygen atoms in total. The van der Waals surface area contributed by atoms with Gasteiger partial charge < -0.3 is 10.2 Å². The van der Waals surface area contributed by atoms with Crippen molar-refractivity contribution in [1.82, 2.24) is 0 Å².